The molecule has 120 valence electrons. The first-order valence-corrected chi connectivity index (χ1v) is 8.01. The number of amides is 1. The molecule has 6 heteroatoms. The van der Waals surface area contributed by atoms with E-state index < -0.39 is 0 Å². The van der Waals surface area contributed by atoms with Crippen molar-refractivity contribution in [3.05, 3.63) is 35.5 Å². The molecule has 4 rings (SSSR count). The Morgan fingerprint density at radius 2 is 2.04 bits per heavy atom. The maximum absolute atomic E-state index is 12.2. The molecule has 0 bridgehead atoms. The second-order valence-electron chi connectivity index (χ2n) is 6.04. The summed E-state index contributed by atoms with van der Waals surface area (Å²) in [5, 5.41) is 10.0. The number of rotatable bonds is 4. The van der Waals surface area contributed by atoms with E-state index in [4.69, 9.17) is 9.47 Å². The number of anilines is 1. The van der Waals surface area contributed by atoms with Gasteiger partial charge in [-0.05, 0) is 30.5 Å². The fourth-order valence-electron chi connectivity index (χ4n) is 2.90. The van der Waals surface area contributed by atoms with Gasteiger partial charge in [0.2, 0.25) is 5.91 Å². The van der Waals surface area contributed by atoms with Gasteiger partial charge in [-0.2, -0.15) is 5.10 Å². The fourth-order valence-corrected chi connectivity index (χ4v) is 2.90. The lowest BCUT2D eigenvalue weighted by molar-refractivity contribution is -0.115. The molecule has 1 aliphatic heterocycles. The van der Waals surface area contributed by atoms with Gasteiger partial charge in [0.1, 0.15) is 13.2 Å². The first-order valence-electron chi connectivity index (χ1n) is 8.01. The predicted octanol–water partition coefficient (Wildman–Crippen LogP) is 2.63. The van der Waals surface area contributed by atoms with Crippen molar-refractivity contribution in [3.63, 3.8) is 0 Å². The van der Waals surface area contributed by atoms with Crippen LogP contribution >= 0.6 is 0 Å². The van der Waals surface area contributed by atoms with Crippen LogP contribution in [0.1, 0.15) is 36.4 Å². The van der Waals surface area contributed by atoms with Crippen molar-refractivity contribution in [2.75, 3.05) is 18.5 Å². The Bertz CT molecular complexity index is 722. The lowest BCUT2D eigenvalue weighted by Gasteiger charge is -2.23. The molecule has 23 heavy (non-hydrogen) atoms. The zero-order chi connectivity index (χ0) is 15.6. The summed E-state index contributed by atoms with van der Waals surface area (Å²) < 4.78 is 11.0. The first kappa shape index (κ1) is 14.1. The molecule has 0 atom stereocenters. The van der Waals surface area contributed by atoms with E-state index in [9.17, 15) is 4.79 Å². The summed E-state index contributed by atoms with van der Waals surface area (Å²) >= 11 is 0. The van der Waals surface area contributed by atoms with E-state index in [1.807, 2.05) is 24.3 Å². The minimum Gasteiger partial charge on any atom is -0.486 e. The molecule has 2 aliphatic rings. The molecule has 0 unspecified atom stereocenters. The van der Waals surface area contributed by atoms with Crippen molar-refractivity contribution in [1.82, 2.24) is 10.2 Å². The SMILES string of the molecule is O=C(Cc1ccc2c(c1)OCCO2)Nc1cc(C2CCC2)[nH]n1. The summed E-state index contributed by atoms with van der Waals surface area (Å²) in [5.41, 5.74) is 2.01. The monoisotopic (exact) mass is 313 g/mol. The van der Waals surface area contributed by atoms with Gasteiger partial charge in [0.15, 0.2) is 17.3 Å². The summed E-state index contributed by atoms with van der Waals surface area (Å²) in [6, 6.07) is 7.53. The Kier molecular flexibility index (Phi) is 3.65. The molecule has 6 nitrogen and oxygen atoms in total. The molecule has 1 saturated carbocycles. The van der Waals surface area contributed by atoms with Gasteiger partial charge in [0.25, 0.3) is 0 Å². The van der Waals surface area contributed by atoms with Crippen molar-refractivity contribution < 1.29 is 14.3 Å². The molecule has 2 N–H and O–H groups in total. The predicted molar refractivity (Wildman–Crippen MR) is 84.9 cm³/mol. The van der Waals surface area contributed by atoms with Crippen molar-refractivity contribution in [1.29, 1.82) is 0 Å². The highest BCUT2D eigenvalue weighted by Crippen LogP contribution is 2.36. The lowest BCUT2D eigenvalue weighted by atomic mass is 9.83. The maximum Gasteiger partial charge on any atom is 0.229 e. The van der Waals surface area contributed by atoms with E-state index in [-0.39, 0.29) is 12.3 Å². The minimum absolute atomic E-state index is 0.0895. The highest BCUT2D eigenvalue weighted by atomic mass is 16.6. The van der Waals surface area contributed by atoms with Crippen LogP contribution in [-0.4, -0.2) is 29.3 Å². The third kappa shape index (κ3) is 3.02. The molecule has 2 aromatic rings. The van der Waals surface area contributed by atoms with Gasteiger partial charge in [0.05, 0.1) is 6.42 Å². The molecule has 2 heterocycles. The van der Waals surface area contributed by atoms with Crippen LogP contribution in [0.5, 0.6) is 11.5 Å². The van der Waals surface area contributed by atoms with Crippen molar-refractivity contribution in [2.24, 2.45) is 0 Å². The molecule has 0 radical (unpaired) electrons. The van der Waals surface area contributed by atoms with Crippen LogP contribution in [0.4, 0.5) is 5.82 Å². The number of nitrogens with zero attached hydrogens (tertiary/aromatic N) is 1. The van der Waals surface area contributed by atoms with Gasteiger partial charge in [-0.3, -0.25) is 9.89 Å². The van der Waals surface area contributed by atoms with Crippen LogP contribution in [0, 0.1) is 0 Å². The van der Waals surface area contributed by atoms with Gasteiger partial charge in [-0.15, -0.1) is 0 Å². The van der Waals surface area contributed by atoms with Gasteiger partial charge < -0.3 is 14.8 Å². The van der Waals surface area contributed by atoms with Gasteiger partial charge in [0, 0.05) is 17.7 Å². The Morgan fingerprint density at radius 1 is 1.22 bits per heavy atom. The maximum atomic E-state index is 12.2. The molecule has 1 aromatic heterocycles. The molecule has 1 fully saturated rings. The Morgan fingerprint density at radius 3 is 2.83 bits per heavy atom. The summed E-state index contributed by atoms with van der Waals surface area (Å²) in [7, 11) is 0. The van der Waals surface area contributed by atoms with E-state index in [2.05, 4.69) is 15.5 Å². The second-order valence-corrected chi connectivity index (χ2v) is 6.04. The molecule has 1 amide bonds. The van der Waals surface area contributed by atoms with E-state index in [1.165, 1.54) is 19.3 Å². The first-order chi connectivity index (χ1) is 11.3. The van der Waals surface area contributed by atoms with Gasteiger partial charge in [-0.1, -0.05) is 12.5 Å². The number of benzene rings is 1. The van der Waals surface area contributed by atoms with Crippen LogP contribution in [-0.2, 0) is 11.2 Å². The number of aromatic amines is 1. The van der Waals surface area contributed by atoms with Crippen molar-refractivity contribution in [3.8, 4) is 11.5 Å². The lowest BCUT2D eigenvalue weighted by Crippen LogP contribution is -2.17. The van der Waals surface area contributed by atoms with Crippen molar-refractivity contribution in [2.45, 2.75) is 31.6 Å². The van der Waals surface area contributed by atoms with Crippen LogP contribution in [0.3, 0.4) is 0 Å². The Hall–Kier alpha value is -2.50. The van der Waals surface area contributed by atoms with Crippen LogP contribution in [0.25, 0.3) is 0 Å². The van der Waals surface area contributed by atoms with Crippen LogP contribution in [0.15, 0.2) is 24.3 Å². The Balaban J connectivity index is 1.38. The average molecular weight is 313 g/mol. The highest BCUT2D eigenvalue weighted by Gasteiger charge is 2.22. The minimum atomic E-state index is -0.0895. The topological polar surface area (TPSA) is 76.2 Å². The molecular weight excluding hydrogens is 294 g/mol. The van der Waals surface area contributed by atoms with Gasteiger partial charge in [-0.25, -0.2) is 0 Å². The highest BCUT2D eigenvalue weighted by molar-refractivity contribution is 5.91. The summed E-state index contributed by atoms with van der Waals surface area (Å²) in [5.74, 6) is 2.51. The zero-order valence-corrected chi connectivity index (χ0v) is 12.8. The normalized spacial score (nSPS) is 16.7. The smallest absolute Gasteiger partial charge is 0.229 e. The third-order valence-corrected chi connectivity index (χ3v) is 4.38. The molecule has 1 aliphatic carbocycles. The number of hydrogen-bond donors (Lipinski definition) is 2. The van der Waals surface area contributed by atoms with Gasteiger partial charge >= 0.3 is 0 Å². The number of ether oxygens (including phenoxy) is 2. The molecule has 0 spiro atoms. The summed E-state index contributed by atoms with van der Waals surface area (Å²) in [4.78, 5) is 12.2. The number of nitrogens with one attached hydrogen (secondary N) is 2. The third-order valence-electron chi connectivity index (χ3n) is 4.38. The second kappa shape index (κ2) is 5.95. The molecule has 0 saturated heterocycles. The van der Waals surface area contributed by atoms with Crippen LogP contribution < -0.4 is 14.8 Å². The molecular formula is C17H19N3O3. The van der Waals surface area contributed by atoms with Crippen molar-refractivity contribution >= 4 is 11.7 Å². The van der Waals surface area contributed by atoms with E-state index in [1.54, 1.807) is 0 Å². The number of carbonyl (C=O) groups excluding carboxylic acids is 1. The number of aromatic nitrogens is 2. The summed E-state index contributed by atoms with van der Waals surface area (Å²) in [6.45, 7) is 1.11. The standard InChI is InChI=1S/C17H19N3O3/c21-17(18-16-10-13(19-20-16)12-2-1-3-12)9-11-4-5-14-15(8-11)23-7-6-22-14/h4-5,8,10,12H,1-3,6-7,9H2,(H2,18,19,20,21). The van der Waals surface area contributed by atoms with E-state index in [0.29, 0.717) is 30.7 Å². The zero-order valence-electron chi connectivity index (χ0n) is 12.8. The number of hydrogen-bond acceptors (Lipinski definition) is 4. The average Bonchev–Trinajstić information content (AvgIpc) is 2.93. The Labute approximate surface area is 134 Å². The van der Waals surface area contributed by atoms with Crippen LogP contribution in [0.2, 0.25) is 0 Å². The molecule has 1 aromatic carbocycles. The number of fused-ring (bicyclic) bond motifs is 1. The van der Waals surface area contributed by atoms with E-state index in [0.717, 1.165) is 17.0 Å². The van der Waals surface area contributed by atoms with E-state index >= 15 is 0 Å². The summed E-state index contributed by atoms with van der Waals surface area (Å²) in [6.07, 6.45) is 3.96. The number of carbonyl (C=O) groups is 1. The number of H-pyrrole nitrogens is 1. The quantitative estimate of drug-likeness (QED) is 0.910. The largest absolute Gasteiger partial charge is 0.486 e. The fraction of sp³-hybridized carbons (Fsp3) is 0.412.